The van der Waals surface area contributed by atoms with Crippen molar-refractivity contribution in [1.82, 2.24) is 10.3 Å². The highest BCUT2D eigenvalue weighted by atomic mass is 16.5. The maximum Gasteiger partial charge on any atom is 0.350 e. The van der Waals surface area contributed by atoms with Gasteiger partial charge in [-0.15, -0.1) is 0 Å². The van der Waals surface area contributed by atoms with Crippen LogP contribution in [0.2, 0.25) is 0 Å². The van der Waals surface area contributed by atoms with Gasteiger partial charge in [0.15, 0.2) is 5.78 Å². The second-order valence-electron chi connectivity index (χ2n) is 9.35. The summed E-state index contributed by atoms with van der Waals surface area (Å²) in [5, 5.41) is 12.8. The minimum absolute atomic E-state index is 0.0201. The van der Waals surface area contributed by atoms with Crippen LogP contribution in [0.1, 0.15) is 113 Å². The third kappa shape index (κ3) is 17.2. The Labute approximate surface area is 241 Å². The van der Waals surface area contributed by atoms with Gasteiger partial charge >= 0.3 is 5.63 Å². The third-order valence-corrected chi connectivity index (χ3v) is 5.61. The van der Waals surface area contributed by atoms with E-state index in [2.05, 4.69) is 41.0 Å². The van der Waals surface area contributed by atoms with Gasteiger partial charge in [-0.3, -0.25) is 14.6 Å². The number of nitrogens with one attached hydrogen (secondary N) is 1. The van der Waals surface area contributed by atoms with Gasteiger partial charge in [-0.25, -0.2) is 4.79 Å². The molecule has 2 rings (SSSR count). The van der Waals surface area contributed by atoms with Gasteiger partial charge in [-0.1, -0.05) is 72.9 Å². The van der Waals surface area contributed by atoms with Gasteiger partial charge in [0.1, 0.15) is 17.1 Å². The molecule has 0 aromatic carbocycles. The van der Waals surface area contributed by atoms with Crippen molar-refractivity contribution in [1.29, 1.82) is 0 Å². The minimum atomic E-state index is -0.763. The van der Waals surface area contributed by atoms with Crippen molar-refractivity contribution in [2.24, 2.45) is 5.92 Å². The van der Waals surface area contributed by atoms with Gasteiger partial charge < -0.3 is 19.6 Å². The monoisotopic (exact) mass is 560 g/mol. The fourth-order valence-electron chi connectivity index (χ4n) is 3.33. The molecule has 8 nitrogen and oxygen atoms in total. The van der Waals surface area contributed by atoms with E-state index in [-0.39, 0.29) is 23.1 Å². The van der Waals surface area contributed by atoms with Crippen LogP contribution in [-0.4, -0.2) is 36.5 Å². The number of nitrogens with zero attached hydrogens (tertiary/aromatic N) is 1. The van der Waals surface area contributed by atoms with E-state index >= 15 is 0 Å². The number of Topliss-reactive ketones (excluding diaryl/α,β-unsaturated/α-hetero) is 1. The molecule has 2 aromatic heterocycles. The first-order chi connectivity index (χ1) is 19.1. The van der Waals surface area contributed by atoms with Gasteiger partial charge in [0.25, 0.3) is 6.47 Å². The summed E-state index contributed by atoms with van der Waals surface area (Å²) in [7, 11) is 3.13. The Morgan fingerprint density at radius 2 is 1.82 bits per heavy atom. The molecule has 0 aliphatic carbocycles. The van der Waals surface area contributed by atoms with Crippen LogP contribution >= 0.6 is 0 Å². The van der Waals surface area contributed by atoms with E-state index in [0.29, 0.717) is 12.2 Å². The predicted octanol–water partition coefficient (Wildman–Crippen LogP) is 7.13. The zero-order valence-corrected chi connectivity index (χ0v) is 26.1. The Morgan fingerprint density at radius 1 is 1.18 bits per heavy atom. The van der Waals surface area contributed by atoms with E-state index in [1.54, 1.807) is 13.8 Å². The third-order valence-electron chi connectivity index (χ3n) is 5.61. The first kappa shape index (κ1) is 38.7. The number of rotatable bonds is 13. The number of unbranched alkanes of at least 4 members (excludes halogenated alkanes) is 3. The zero-order valence-electron chi connectivity index (χ0n) is 26.1. The van der Waals surface area contributed by atoms with Crippen molar-refractivity contribution in [3.63, 3.8) is 0 Å². The van der Waals surface area contributed by atoms with E-state index < -0.39 is 11.4 Å². The number of pyridine rings is 1. The average molecular weight is 561 g/mol. The van der Waals surface area contributed by atoms with Crippen LogP contribution in [0.5, 0.6) is 5.75 Å². The molecule has 0 aliphatic heterocycles. The normalized spacial score (nSPS) is 10.8. The van der Waals surface area contributed by atoms with Crippen molar-refractivity contribution in [2.75, 3.05) is 14.2 Å². The molecule has 8 heteroatoms. The number of aryl methyl sites for hydroxylation is 2. The zero-order chi connectivity index (χ0) is 30.9. The van der Waals surface area contributed by atoms with E-state index in [4.69, 9.17) is 9.21 Å². The second kappa shape index (κ2) is 24.6. The van der Waals surface area contributed by atoms with Crippen molar-refractivity contribution in [2.45, 2.75) is 99.3 Å². The molecular weight excluding hydrogens is 508 g/mol. The summed E-state index contributed by atoms with van der Waals surface area (Å²) in [4.78, 5) is 37.1. The van der Waals surface area contributed by atoms with E-state index in [1.165, 1.54) is 50.1 Å². The number of methoxy groups -OCH3 is 1. The molecular formula is C32H52N2O6. The lowest BCUT2D eigenvalue weighted by atomic mass is 9.99. The quantitative estimate of drug-likeness (QED) is 0.151. The topological polar surface area (TPSA) is 119 Å². The van der Waals surface area contributed by atoms with Gasteiger partial charge in [0.05, 0.1) is 7.11 Å². The van der Waals surface area contributed by atoms with Crippen LogP contribution < -0.4 is 10.9 Å². The van der Waals surface area contributed by atoms with Crippen molar-refractivity contribution >= 4 is 12.3 Å². The predicted molar refractivity (Wildman–Crippen MR) is 163 cm³/mol. The highest BCUT2D eigenvalue weighted by Gasteiger charge is 2.22. The summed E-state index contributed by atoms with van der Waals surface area (Å²) in [6, 6.07) is 5.66. The average Bonchev–Trinajstić information content (AvgIpc) is 2.95. The number of ketones is 1. The first-order valence-electron chi connectivity index (χ1n) is 14.2. The standard InChI is InChI=1S/C16H23NO4.C12H19N.C2H4O2.C2H6/c1-10(2)15(19)14-12(18)9-13(21-16(14)20)11(3)7-5-6-8-17-4;1-3-4-5-6-7-12-9-8-11(2)10-13-12;1-4-2-3;1-2/h6,8-11,17-18H,5,7H2,1-4H3;8-10H,3-7H2,1-2H3;2H,1H3;1-2H3/b8-6+;;;. The number of aromatic nitrogens is 1. The molecule has 0 aliphatic rings. The number of aromatic hydroxyl groups is 1. The Morgan fingerprint density at radius 3 is 2.30 bits per heavy atom. The Hall–Kier alpha value is -3.42. The molecule has 0 saturated carbocycles. The highest BCUT2D eigenvalue weighted by Crippen LogP contribution is 2.25. The number of carbonyl (C=O) groups is 2. The van der Waals surface area contributed by atoms with Gasteiger partial charge in [-0.2, -0.15) is 0 Å². The molecule has 1 atom stereocenters. The Balaban J connectivity index is 0. The van der Waals surface area contributed by atoms with Crippen LogP contribution in [0.4, 0.5) is 0 Å². The minimum Gasteiger partial charge on any atom is -0.507 e. The number of hydrogen-bond acceptors (Lipinski definition) is 8. The molecule has 0 fully saturated rings. The molecule has 2 heterocycles. The molecule has 0 amide bonds. The van der Waals surface area contributed by atoms with Crippen LogP contribution in [0.25, 0.3) is 0 Å². The fourth-order valence-corrected chi connectivity index (χ4v) is 3.33. The summed E-state index contributed by atoms with van der Waals surface area (Å²) in [6.07, 6.45) is 13.8. The van der Waals surface area contributed by atoms with E-state index in [0.717, 1.165) is 19.3 Å². The summed E-state index contributed by atoms with van der Waals surface area (Å²) in [6.45, 7) is 13.9. The Bertz CT molecular complexity index is 1010. The largest absolute Gasteiger partial charge is 0.507 e. The summed E-state index contributed by atoms with van der Waals surface area (Å²) in [5.74, 6) is -0.687. The highest BCUT2D eigenvalue weighted by molar-refractivity contribution is 5.99. The van der Waals surface area contributed by atoms with Crippen molar-refractivity contribution < 1.29 is 23.8 Å². The van der Waals surface area contributed by atoms with Crippen LogP contribution in [0.3, 0.4) is 0 Å². The molecule has 2 N–H and O–H groups in total. The summed E-state index contributed by atoms with van der Waals surface area (Å²) < 4.78 is 9.06. The van der Waals surface area contributed by atoms with Crippen molar-refractivity contribution in [3.8, 4) is 5.75 Å². The number of ether oxygens (including phenoxy) is 1. The Kier molecular flexibility index (Phi) is 23.8. The fraction of sp³-hybridized carbons (Fsp3) is 0.562. The molecule has 40 heavy (non-hydrogen) atoms. The number of carbonyl (C=O) groups excluding carboxylic acids is 2. The van der Waals surface area contributed by atoms with Crippen LogP contribution in [-0.2, 0) is 16.0 Å². The molecule has 2 aromatic rings. The molecule has 0 spiro atoms. The number of allylic oxidation sites excluding steroid dienone is 1. The lowest BCUT2D eigenvalue weighted by Crippen LogP contribution is -2.19. The van der Waals surface area contributed by atoms with Crippen LogP contribution in [0.15, 0.2) is 45.9 Å². The summed E-state index contributed by atoms with van der Waals surface area (Å²) in [5.41, 5.74) is 1.47. The molecule has 226 valence electrons. The second-order valence-corrected chi connectivity index (χ2v) is 9.35. The lowest BCUT2D eigenvalue weighted by Gasteiger charge is -2.11. The van der Waals surface area contributed by atoms with E-state index in [1.807, 2.05) is 46.3 Å². The molecule has 0 radical (unpaired) electrons. The molecule has 0 saturated heterocycles. The van der Waals surface area contributed by atoms with E-state index in [9.17, 15) is 14.7 Å². The van der Waals surface area contributed by atoms with Gasteiger partial charge in [-0.05, 0) is 50.4 Å². The van der Waals surface area contributed by atoms with Gasteiger partial charge in [0.2, 0.25) is 0 Å². The first-order valence-corrected chi connectivity index (χ1v) is 14.2. The number of hydrogen-bond donors (Lipinski definition) is 2. The summed E-state index contributed by atoms with van der Waals surface area (Å²) >= 11 is 0. The maximum absolute atomic E-state index is 11.9. The SMILES string of the molecule is CC.CCCCCCc1ccc(C)cn1.CN/C=C/CCC(C)c1cc(O)c(C(=O)C(C)C)c(=O)o1.COC=O. The lowest BCUT2D eigenvalue weighted by molar-refractivity contribution is -0.126. The molecule has 0 bridgehead atoms. The van der Waals surface area contributed by atoms with Gasteiger partial charge in [0, 0.05) is 36.8 Å². The van der Waals surface area contributed by atoms with Crippen LogP contribution in [0, 0.1) is 12.8 Å². The van der Waals surface area contributed by atoms with Crippen molar-refractivity contribution in [3.05, 3.63) is 69.7 Å². The molecule has 1 unspecified atom stereocenters. The smallest absolute Gasteiger partial charge is 0.350 e. The maximum atomic E-state index is 11.9.